The number of rotatable bonds is 7. The second-order valence-corrected chi connectivity index (χ2v) is 12.9. The predicted molar refractivity (Wildman–Crippen MR) is 184 cm³/mol. The van der Waals surface area contributed by atoms with E-state index in [2.05, 4.69) is 32.7 Å². The number of nitrogens with zero attached hydrogens (tertiary/aromatic N) is 2. The molecular weight excluding hydrogens is 606 g/mol. The molecule has 10 nitrogen and oxygen atoms in total. The van der Waals surface area contributed by atoms with E-state index < -0.39 is 23.8 Å². The van der Waals surface area contributed by atoms with Gasteiger partial charge in [-0.1, -0.05) is 53.8 Å². The van der Waals surface area contributed by atoms with E-state index in [0.717, 1.165) is 29.5 Å². The van der Waals surface area contributed by atoms with Crippen molar-refractivity contribution in [1.82, 2.24) is 20.4 Å². The molecule has 1 aromatic heterocycles. The first-order valence-electron chi connectivity index (χ1n) is 16.1. The average molecular weight is 648 g/mol. The number of amides is 3. The number of aromatic hydroxyl groups is 1. The number of benzene rings is 3. The normalized spacial score (nSPS) is 15.1. The fourth-order valence-corrected chi connectivity index (χ4v) is 5.61. The van der Waals surface area contributed by atoms with Gasteiger partial charge in [0.2, 0.25) is 11.8 Å². The maximum absolute atomic E-state index is 14.0. The van der Waals surface area contributed by atoms with Crippen LogP contribution in [0.1, 0.15) is 62.3 Å². The molecule has 4 N–H and O–H groups in total. The van der Waals surface area contributed by atoms with Gasteiger partial charge in [0.25, 0.3) is 0 Å². The van der Waals surface area contributed by atoms with Gasteiger partial charge in [0.05, 0.1) is 17.5 Å². The summed E-state index contributed by atoms with van der Waals surface area (Å²) in [4.78, 5) is 41.9. The SMILES string of the molecule is Cc1ccc(O)c(-c2[nH]ncc2C#Cc2ccc(NC(=O)C3CCCCN3C(=O)[C@H](Cc3ccccc3)NC(=O)OC(C)(C)C)cc2)c1. The number of phenolic OH excluding ortho intramolecular Hbond substituents is 1. The number of hydrogen-bond donors (Lipinski definition) is 4. The lowest BCUT2D eigenvalue weighted by atomic mass is 9.98. The molecule has 1 aliphatic rings. The third-order valence-electron chi connectivity index (χ3n) is 7.91. The molecule has 2 atom stereocenters. The third-order valence-corrected chi connectivity index (χ3v) is 7.91. The Kier molecular flexibility index (Phi) is 10.5. The lowest BCUT2D eigenvalue weighted by Gasteiger charge is -2.37. The topological polar surface area (TPSA) is 137 Å². The van der Waals surface area contributed by atoms with Crippen LogP contribution in [0.25, 0.3) is 11.3 Å². The first-order chi connectivity index (χ1) is 23.0. The van der Waals surface area contributed by atoms with Crippen molar-refractivity contribution in [3.8, 4) is 28.8 Å². The molecule has 2 heterocycles. The number of anilines is 1. The number of carbonyl (C=O) groups excluding carboxylic acids is 3. The Bertz CT molecular complexity index is 1820. The van der Waals surface area contributed by atoms with Gasteiger partial charge in [-0.3, -0.25) is 14.7 Å². The minimum absolute atomic E-state index is 0.136. The molecule has 1 aliphatic heterocycles. The van der Waals surface area contributed by atoms with Crippen LogP contribution >= 0.6 is 0 Å². The van der Waals surface area contributed by atoms with Gasteiger partial charge in [0.15, 0.2) is 0 Å². The van der Waals surface area contributed by atoms with Crippen molar-refractivity contribution in [2.24, 2.45) is 0 Å². The van der Waals surface area contributed by atoms with Crippen LogP contribution in [-0.4, -0.2) is 62.3 Å². The highest BCUT2D eigenvalue weighted by Gasteiger charge is 2.36. The summed E-state index contributed by atoms with van der Waals surface area (Å²) in [7, 11) is 0. The largest absolute Gasteiger partial charge is 0.507 e. The van der Waals surface area contributed by atoms with Gasteiger partial charge in [-0.05, 0) is 88.9 Å². The number of alkyl carbamates (subject to hydrolysis) is 1. The molecule has 4 aromatic rings. The van der Waals surface area contributed by atoms with Crippen molar-refractivity contribution in [2.75, 3.05) is 11.9 Å². The van der Waals surface area contributed by atoms with E-state index in [1.807, 2.05) is 49.4 Å². The maximum Gasteiger partial charge on any atom is 0.408 e. The molecule has 0 spiro atoms. The minimum Gasteiger partial charge on any atom is -0.507 e. The predicted octanol–water partition coefficient (Wildman–Crippen LogP) is 5.95. The van der Waals surface area contributed by atoms with Gasteiger partial charge in [0.1, 0.15) is 23.4 Å². The zero-order chi connectivity index (χ0) is 34.3. The third kappa shape index (κ3) is 8.82. The van der Waals surface area contributed by atoms with Crippen LogP contribution in [0.5, 0.6) is 5.75 Å². The van der Waals surface area contributed by atoms with Crippen molar-refractivity contribution in [1.29, 1.82) is 0 Å². The highest BCUT2D eigenvalue weighted by molar-refractivity contribution is 5.98. The van der Waals surface area contributed by atoms with Crippen LogP contribution in [0, 0.1) is 18.8 Å². The molecule has 1 saturated heterocycles. The average Bonchev–Trinajstić information content (AvgIpc) is 3.53. The van der Waals surface area contributed by atoms with Crippen molar-refractivity contribution < 1.29 is 24.2 Å². The maximum atomic E-state index is 14.0. The highest BCUT2D eigenvalue weighted by Crippen LogP contribution is 2.30. The number of aromatic amines is 1. The summed E-state index contributed by atoms with van der Waals surface area (Å²) in [6.07, 6.45) is 3.26. The lowest BCUT2D eigenvalue weighted by molar-refractivity contribution is -0.142. The molecule has 3 amide bonds. The standard InChI is InChI=1S/C38H41N5O5/c1-25-13-20-33(44)30(22-25)34-28(24-39-42-34)17-14-26-15-18-29(19-16-26)40-35(45)32-12-8-9-21-43(32)36(46)31(23-27-10-6-5-7-11-27)41-37(47)48-38(2,3)4/h5-7,10-11,13,15-16,18-20,22,24,31-32,44H,8-9,12,21,23H2,1-4H3,(H,39,42)(H,40,45)(H,41,47)/t31-,32?/m0/s1. The Morgan fingerprint density at radius 1 is 1.04 bits per heavy atom. The van der Waals surface area contributed by atoms with Crippen LogP contribution in [0.2, 0.25) is 0 Å². The van der Waals surface area contributed by atoms with Gasteiger partial charge >= 0.3 is 6.09 Å². The van der Waals surface area contributed by atoms with Gasteiger partial charge in [-0.2, -0.15) is 5.10 Å². The second-order valence-electron chi connectivity index (χ2n) is 12.9. The van der Waals surface area contributed by atoms with Crippen molar-refractivity contribution in [3.05, 3.63) is 101 Å². The zero-order valence-electron chi connectivity index (χ0n) is 27.7. The molecule has 1 fully saturated rings. The molecule has 0 saturated carbocycles. The molecule has 0 bridgehead atoms. The summed E-state index contributed by atoms with van der Waals surface area (Å²) >= 11 is 0. The fourth-order valence-electron chi connectivity index (χ4n) is 5.61. The van der Waals surface area contributed by atoms with Gasteiger partial charge < -0.3 is 25.4 Å². The van der Waals surface area contributed by atoms with Crippen molar-refractivity contribution in [3.63, 3.8) is 0 Å². The number of carbonyl (C=O) groups is 3. The minimum atomic E-state index is -0.904. The quantitative estimate of drug-likeness (QED) is 0.183. The van der Waals surface area contributed by atoms with Gasteiger partial charge in [-0.15, -0.1) is 0 Å². The Hall–Kier alpha value is -5.56. The molecule has 3 aromatic carbocycles. The summed E-state index contributed by atoms with van der Waals surface area (Å²) < 4.78 is 5.46. The van der Waals surface area contributed by atoms with Gasteiger partial charge in [0, 0.05) is 29.8 Å². The summed E-state index contributed by atoms with van der Waals surface area (Å²) in [6.45, 7) is 7.64. The number of hydrogen-bond acceptors (Lipinski definition) is 6. The van der Waals surface area contributed by atoms with Crippen LogP contribution in [-0.2, 0) is 20.7 Å². The van der Waals surface area contributed by atoms with E-state index in [1.54, 1.807) is 62.2 Å². The van der Waals surface area contributed by atoms with E-state index in [1.165, 1.54) is 0 Å². The first kappa shape index (κ1) is 33.8. The number of likely N-dealkylation sites (tertiary alicyclic amines) is 1. The summed E-state index contributed by atoms with van der Waals surface area (Å²) in [5.41, 5.74) is 4.34. The molecule has 48 heavy (non-hydrogen) atoms. The van der Waals surface area contributed by atoms with Crippen molar-refractivity contribution >= 4 is 23.6 Å². The second kappa shape index (κ2) is 14.9. The van der Waals surface area contributed by atoms with Crippen LogP contribution in [0.15, 0.2) is 79.0 Å². The van der Waals surface area contributed by atoms with E-state index in [4.69, 9.17) is 4.74 Å². The summed E-state index contributed by atoms with van der Waals surface area (Å²) in [5, 5.41) is 23.1. The zero-order valence-corrected chi connectivity index (χ0v) is 27.7. The number of phenols is 1. The van der Waals surface area contributed by atoms with E-state index in [0.29, 0.717) is 35.5 Å². The Morgan fingerprint density at radius 2 is 1.79 bits per heavy atom. The smallest absolute Gasteiger partial charge is 0.408 e. The number of ether oxygens (including phenoxy) is 1. The van der Waals surface area contributed by atoms with Crippen molar-refractivity contribution in [2.45, 2.75) is 71.1 Å². The Morgan fingerprint density at radius 3 is 2.52 bits per heavy atom. The number of nitrogens with one attached hydrogen (secondary N) is 3. The molecule has 5 rings (SSSR count). The monoisotopic (exact) mass is 647 g/mol. The fraction of sp³-hybridized carbons (Fsp3) is 0.316. The molecule has 1 unspecified atom stereocenters. The molecule has 10 heteroatoms. The number of aryl methyl sites for hydroxylation is 1. The van der Waals surface area contributed by atoms with Crippen LogP contribution < -0.4 is 10.6 Å². The molecular formula is C38H41N5O5. The highest BCUT2D eigenvalue weighted by atomic mass is 16.6. The van der Waals surface area contributed by atoms with Crippen LogP contribution in [0.3, 0.4) is 0 Å². The number of aromatic nitrogens is 2. The van der Waals surface area contributed by atoms with Crippen LogP contribution in [0.4, 0.5) is 10.5 Å². The summed E-state index contributed by atoms with van der Waals surface area (Å²) in [5.74, 6) is 5.75. The van der Waals surface area contributed by atoms with E-state index in [9.17, 15) is 19.5 Å². The molecule has 248 valence electrons. The van der Waals surface area contributed by atoms with Gasteiger partial charge in [-0.25, -0.2) is 4.79 Å². The lowest BCUT2D eigenvalue weighted by Crippen LogP contribution is -2.57. The van der Waals surface area contributed by atoms with E-state index >= 15 is 0 Å². The summed E-state index contributed by atoms with van der Waals surface area (Å²) in [6, 6.07) is 20.3. The Labute approximate surface area is 280 Å². The Balaban J connectivity index is 1.28. The molecule has 0 radical (unpaired) electrons. The first-order valence-corrected chi connectivity index (χ1v) is 16.1. The molecule has 0 aliphatic carbocycles. The van der Waals surface area contributed by atoms with E-state index in [-0.39, 0.29) is 24.0 Å². The number of piperidine rings is 1. The number of H-pyrrole nitrogens is 1.